The van der Waals surface area contributed by atoms with Crippen LogP contribution >= 0.6 is 0 Å². The first-order chi connectivity index (χ1) is 11.4. The van der Waals surface area contributed by atoms with E-state index in [-0.39, 0.29) is 6.03 Å². The van der Waals surface area contributed by atoms with Crippen molar-refractivity contribution in [3.63, 3.8) is 0 Å². The van der Waals surface area contributed by atoms with Gasteiger partial charge in [-0.15, -0.1) is 0 Å². The quantitative estimate of drug-likeness (QED) is 0.917. The van der Waals surface area contributed by atoms with Gasteiger partial charge in [0, 0.05) is 32.1 Å². The normalized spacial score (nSPS) is 21.2. The molecule has 1 atom stereocenters. The van der Waals surface area contributed by atoms with Crippen LogP contribution in [0.1, 0.15) is 33.1 Å². The number of urea groups is 1. The number of hydrogen-bond donors (Lipinski definition) is 1. The molecule has 1 aromatic rings. The van der Waals surface area contributed by atoms with E-state index in [1.807, 2.05) is 23.9 Å². The van der Waals surface area contributed by atoms with Gasteiger partial charge in [0.05, 0.1) is 7.11 Å². The van der Waals surface area contributed by atoms with Crippen LogP contribution in [0.3, 0.4) is 0 Å². The van der Waals surface area contributed by atoms with Crippen LogP contribution in [0.25, 0.3) is 0 Å². The Balaban J connectivity index is 1.81. The first-order valence-corrected chi connectivity index (χ1v) is 8.53. The first-order valence-electron chi connectivity index (χ1n) is 8.53. The van der Waals surface area contributed by atoms with E-state index in [4.69, 9.17) is 4.74 Å². The van der Waals surface area contributed by atoms with Gasteiger partial charge in [-0.1, -0.05) is 20.3 Å². The molecule has 24 heavy (non-hydrogen) atoms. The van der Waals surface area contributed by atoms with E-state index in [0.29, 0.717) is 34.8 Å². The summed E-state index contributed by atoms with van der Waals surface area (Å²) in [6, 6.07) is 0.215. The van der Waals surface area contributed by atoms with Gasteiger partial charge in [-0.3, -0.25) is 5.32 Å². The van der Waals surface area contributed by atoms with Gasteiger partial charge >= 0.3 is 6.03 Å². The van der Waals surface area contributed by atoms with Crippen LogP contribution in [-0.2, 0) is 0 Å². The second kappa shape index (κ2) is 6.11. The lowest BCUT2D eigenvalue weighted by molar-refractivity contribution is -0.114. The van der Waals surface area contributed by atoms with Gasteiger partial charge in [-0.25, -0.2) is 9.78 Å². The van der Waals surface area contributed by atoms with Gasteiger partial charge in [0.15, 0.2) is 5.82 Å². The third kappa shape index (κ3) is 2.56. The topological polar surface area (TPSA) is 70.6 Å². The fourth-order valence-electron chi connectivity index (χ4n) is 4.24. The highest BCUT2D eigenvalue weighted by atomic mass is 16.5. The molecule has 2 aliphatic rings. The highest BCUT2D eigenvalue weighted by Gasteiger charge is 2.58. The monoisotopic (exact) mass is 333 g/mol. The van der Waals surface area contributed by atoms with Gasteiger partial charge in [-0.2, -0.15) is 4.98 Å². The van der Waals surface area contributed by atoms with Gasteiger partial charge in [0.1, 0.15) is 12.0 Å². The molecule has 0 bridgehead atoms. The van der Waals surface area contributed by atoms with Gasteiger partial charge < -0.3 is 14.5 Å². The van der Waals surface area contributed by atoms with Crippen molar-refractivity contribution < 1.29 is 9.53 Å². The summed E-state index contributed by atoms with van der Waals surface area (Å²) in [4.78, 5) is 25.0. The molecule has 1 unspecified atom stereocenters. The zero-order chi connectivity index (χ0) is 17.5. The summed E-state index contributed by atoms with van der Waals surface area (Å²) in [5, 5.41) is 2.98. The van der Waals surface area contributed by atoms with E-state index in [1.165, 1.54) is 25.6 Å². The molecule has 3 rings (SSSR count). The van der Waals surface area contributed by atoms with Gasteiger partial charge in [0.2, 0.25) is 5.88 Å². The van der Waals surface area contributed by atoms with E-state index >= 15 is 0 Å². The molecule has 1 aromatic heterocycles. The number of amides is 2. The Morgan fingerprint density at radius 2 is 2.12 bits per heavy atom. The molecule has 0 aromatic carbocycles. The summed E-state index contributed by atoms with van der Waals surface area (Å²) >= 11 is 0. The maximum absolute atomic E-state index is 12.9. The van der Waals surface area contributed by atoms with Gasteiger partial charge in [0.25, 0.3) is 0 Å². The van der Waals surface area contributed by atoms with E-state index in [9.17, 15) is 4.79 Å². The Bertz CT molecular complexity index is 627. The van der Waals surface area contributed by atoms with Crippen molar-refractivity contribution in [1.82, 2.24) is 14.9 Å². The third-order valence-electron chi connectivity index (χ3n) is 5.33. The summed E-state index contributed by atoms with van der Waals surface area (Å²) in [7, 11) is 5.30. The number of hydrogen-bond acceptors (Lipinski definition) is 5. The summed E-state index contributed by atoms with van der Waals surface area (Å²) in [5.41, 5.74) is 0.875. The minimum atomic E-state index is -0.0950. The standard InChI is InChI=1S/C17H27N5O2/c1-11(2)13-17(7-6-8-17)9-22(13)16(23)20-12-14(21(3)4)18-10-19-15(12)24-5/h10-11,13H,6-9H2,1-5H3,(H,20,23). The Hall–Kier alpha value is -2.05. The average molecular weight is 333 g/mol. The summed E-state index contributed by atoms with van der Waals surface area (Å²) in [6.07, 6.45) is 5.19. The second-order valence-corrected chi connectivity index (χ2v) is 7.44. The lowest BCUT2D eigenvalue weighted by atomic mass is 9.55. The van der Waals surface area contributed by atoms with Crippen LogP contribution in [0.2, 0.25) is 0 Å². The molecular formula is C17H27N5O2. The average Bonchev–Trinajstić information content (AvgIpc) is 2.43. The maximum atomic E-state index is 12.9. The van der Waals surface area contributed by atoms with E-state index in [1.54, 1.807) is 7.11 Å². The Kier molecular flexibility index (Phi) is 4.27. The number of carbonyl (C=O) groups excluding carboxylic acids is 1. The number of ether oxygens (including phenoxy) is 1. The van der Waals surface area contributed by atoms with E-state index < -0.39 is 0 Å². The second-order valence-electron chi connectivity index (χ2n) is 7.44. The van der Waals surface area contributed by atoms with Gasteiger partial charge in [-0.05, 0) is 18.8 Å². The van der Waals surface area contributed by atoms with Crippen molar-refractivity contribution >= 4 is 17.5 Å². The van der Waals surface area contributed by atoms with Crippen LogP contribution < -0.4 is 15.0 Å². The number of nitrogens with one attached hydrogen (secondary N) is 1. The summed E-state index contributed by atoms with van der Waals surface area (Å²) in [6.45, 7) is 5.23. The SMILES string of the molecule is COc1ncnc(N(C)C)c1NC(=O)N1CC2(CCC2)C1C(C)C. The van der Waals surface area contributed by atoms with Crippen LogP contribution in [-0.4, -0.2) is 54.7 Å². The number of anilines is 2. The summed E-state index contributed by atoms with van der Waals surface area (Å²) in [5.74, 6) is 1.46. The maximum Gasteiger partial charge on any atom is 0.322 e. The number of rotatable bonds is 4. The highest BCUT2D eigenvalue weighted by molar-refractivity contribution is 5.95. The van der Waals surface area contributed by atoms with Crippen molar-refractivity contribution in [2.24, 2.45) is 11.3 Å². The molecular weight excluding hydrogens is 306 g/mol. The number of nitrogens with zero attached hydrogens (tertiary/aromatic N) is 4. The zero-order valence-corrected chi connectivity index (χ0v) is 15.2. The van der Waals surface area contributed by atoms with Crippen LogP contribution in [0.5, 0.6) is 5.88 Å². The van der Waals surface area contributed by atoms with E-state index in [0.717, 1.165) is 6.54 Å². The predicted octanol–water partition coefficient (Wildman–Crippen LogP) is 2.59. The third-order valence-corrected chi connectivity index (χ3v) is 5.33. The smallest absolute Gasteiger partial charge is 0.322 e. The van der Waals surface area contributed by atoms with Crippen LogP contribution in [0, 0.1) is 11.3 Å². The Labute approximate surface area is 143 Å². The first kappa shape index (κ1) is 16.8. The molecule has 1 aliphatic heterocycles. The molecule has 2 amide bonds. The molecule has 0 radical (unpaired) electrons. The Morgan fingerprint density at radius 1 is 1.42 bits per heavy atom. The number of methoxy groups -OCH3 is 1. The van der Waals surface area contributed by atoms with Crippen molar-refractivity contribution in [3.8, 4) is 5.88 Å². The van der Waals surface area contributed by atoms with E-state index in [2.05, 4.69) is 29.1 Å². The van der Waals surface area contributed by atoms with Crippen LogP contribution in [0.4, 0.5) is 16.3 Å². The largest absolute Gasteiger partial charge is 0.479 e. The molecule has 1 saturated carbocycles. The highest BCUT2D eigenvalue weighted by Crippen LogP contribution is 2.55. The minimum absolute atomic E-state index is 0.0950. The fraction of sp³-hybridized carbons (Fsp3) is 0.706. The molecule has 1 aliphatic carbocycles. The van der Waals surface area contributed by atoms with Crippen molar-refractivity contribution in [2.45, 2.75) is 39.2 Å². The van der Waals surface area contributed by atoms with Crippen LogP contribution in [0.15, 0.2) is 6.33 Å². The van der Waals surface area contributed by atoms with Crippen molar-refractivity contribution in [1.29, 1.82) is 0 Å². The molecule has 132 valence electrons. The molecule has 1 saturated heterocycles. The molecule has 7 heteroatoms. The Morgan fingerprint density at radius 3 is 2.62 bits per heavy atom. The summed E-state index contributed by atoms with van der Waals surface area (Å²) < 4.78 is 5.31. The zero-order valence-electron chi connectivity index (χ0n) is 15.2. The molecule has 2 heterocycles. The molecule has 2 fully saturated rings. The fourth-order valence-corrected chi connectivity index (χ4v) is 4.24. The molecule has 1 spiro atoms. The number of aromatic nitrogens is 2. The number of carbonyl (C=O) groups is 1. The minimum Gasteiger partial charge on any atom is -0.479 e. The number of likely N-dealkylation sites (tertiary alicyclic amines) is 1. The van der Waals surface area contributed by atoms with Crippen molar-refractivity contribution in [2.75, 3.05) is 38.0 Å². The predicted molar refractivity (Wildman–Crippen MR) is 93.5 cm³/mol. The lowest BCUT2D eigenvalue weighted by Crippen LogP contribution is -2.71. The molecule has 7 nitrogen and oxygen atoms in total. The lowest BCUT2D eigenvalue weighted by Gasteiger charge is -2.63. The van der Waals surface area contributed by atoms with Crippen molar-refractivity contribution in [3.05, 3.63) is 6.33 Å². The molecule has 1 N–H and O–H groups in total.